The van der Waals surface area contributed by atoms with Crippen molar-refractivity contribution < 1.29 is 9.47 Å². The molecule has 0 aromatic heterocycles. The Morgan fingerprint density at radius 2 is 1.75 bits per heavy atom. The molecule has 0 radical (unpaired) electrons. The fourth-order valence-corrected chi connectivity index (χ4v) is 3.45. The van der Waals surface area contributed by atoms with E-state index < -0.39 is 0 Å². The fourth-order valence-electron chi connectivity index (χ4n) is 3.45. The van der Waals surface area contributed by atoms with Gasteiger partial charge < -0.3 is 19.7 Å². The molecule has 1 saturated heterocycles. The highest BCUT2D eigenvalue weighted by Gasteiger charge is 2.20. The maximum Gasteiger partial charge on any atom is 0.231 e. The van der Waals surface area contributed by atoms with Crippen molar-refractivity contribution in [3.63, 3.8) is 0 Å². The summed E-state index contributed by atoms with van der Waals surface area (Å²) in [5, 5.41) is 3.64. The number of anilines is 1. The van der Waals surface area contributed by atoms with E-state index in [0.29, 0.717) is 12.8 Å². The molecule has 4 heteroatoms. The zero-order valence-corrected chi connectivity index (χ0v) is 13.9. The van der Waals surface area contributed by atoms with E-state index in [0.717, 1.165) is 43.2 Å². The Balaban J connectivity index is 1.24. The van der Waals surface area contributed by atoms with Crippen LogP contribution in [0.5, 0.6) is 11.5 Å². The van der Waals surface area contributed by atoms with Crippen molar-refractivity contribution in [3.05, 3.63) is 54.1 Å². The Morgan fingerprint density at radius 3 is 2.58 bits per heavy atom. The molecule has 2 aromatic rings. The lowest BCUT2D eigenvalue weighted by molar-refractivity contribution is 0.174. The Labute approximate surface area is 143 Å². The van der Waals surface area contributed by atoms with E-state index in [-0.39, 0.29) is 0 Å². The van der Waals surface area contributed by atoms with Crippen LogP contribution in [-0.2, 0) is 6.42 Å². The highest BCUT2D eigenvalue weighted by molar-refractivity contribution is 5.56. The first-order valence-electron chi connectivity index (χ1n) is 8.79. The van der Waals surface area contributed by atoms with Gasteiger partial charge in [-0.05, 0) is 37.0 Å². The van der Waals surface area contributed by atoms with Gasteiger partial charge in [0.1, 0.15) is 0 Å². The minimum atomic E-state index is 0.332. The van der Waals surface area contributed by atoms with Crippen LogP contribution in [0.1, 0.15) is 18.4 Å². The number of hydrogen-bond acceptors (Lipinski definition) is 4. The Morgan fingerprint density at radius 1 is 0.958 bits per heavy atom. The van der Waals surface area contributed by atoms with Crippen LogP contribution in [0.2, 0.25) is 0 Å². The van der Waals surface area contributed by atoms with Gasteiger partial charge in [-0.15, -0.1) is 0 Å². The van der Waals surface area contributed by atoms with E-state index in [1.165, 1.54) is 18.4 Å². The first-order chi connectivity index (χ1) is 11.9. The van der Waals surface area contributed by atoms with Crippen LogP contribution < -0.4 is 14.8 Å². The summed E-state index contributed by atoms with van der Waals surface area (Å²) in [4.78, 5) is 2.57. The second kappa shape index (κ2) is 7.14. The molecule has 0 saturated carbocycles. The SMILES string of the molecule is c1ccc(CCN2CCC(Nc3ccc4c(c3)OCO4)CC2)cc1. The number of likely N-dealkylation sites (tertiary alicyclic amines) is 1. The van der Waals surface area contributed by atoms with Crippen molar-refractivity contribution in [1.29, 1.82) is 0 Å². The topological polar surface area (TPSA) is 33.7 Å². The minimum Gasteiger partial charge on any atom is -0.454 e. The molecule has 0 unspecified atom stereocenters. The molecule has 2 heterocycles. The molecule has 4 rings (SSSR count). The van der Waals surface area contributed by atoms with Crippen LogP contribution in [-0.4, -0.2) is 37.4 Å². The first-order valence-corrected chi connectivity index (χ1v) is 8.79. The zero-order chi connectivity index (χ0) is 16.2. The molecule has 24 heavy (non-hydrogen) atoms. The zero-order valence-electron chi connectivity index (χ0n) is 13.9. The number of rotatable bonds is 5. The van der Waals surface area contributed by atoms with Crippen LogP contribution >= 0.6 is 0 Å². The average Bonchev–Trinajstić information content (AvgIpc) is 3.10. The van der Waals surface area contributed by atoms with Gasteiger partial charge in [-0.3, -0.25) is 0 Å². The summed E-state index contributed by atoms with van der Waals surface area (Å²) in [6.45, 7) is 3.81. The smallest absolute Gasteiger partial charge is 0.231 e. The van der Waals surface area contributed by atoms with Crippen LogP contribution in [0.3, 0.4) is 0 Å². The molecule has 0 aliphatic carbocycles. The Hall–Kier alpha value is -2.20. The molecule has 1 N–H and O–H groups in total. The van der Waals surface area contributed by atoms with Gasteiger partial charge in [-0.25, -0.2) is 0 Å². The number of piperidine rings is 1. The summed E-state index contributed by atoms with van der Waals surface area (Å²) in [5.41, 5.74) is 2.56. The summed E-state index contributed by atoms with van der Waals surface area (Å²) in [6.07, 6.45) is 3.51. The van der Waals surface area contributed by atoms with Gasteiger partial charge in [-0.2, -0.15) is 0 Å². The van der Waals surface area contributed by atoms with Gasteiger partial charge in [0, 0.05) is 37.4 Å². The van der Waals surface area contributed by atoms with Gasteiger partial charge >= 0.3 is 0 Å². The Bertz CT molecular complexity index is 667. The summed E-state index contributed by atoms with van der Waals surface area (Å²) in [5.74, 6) is 1.69. The van der Waals surface area contributed by atoms with E-state index in [4.69, 9.17) is 9.47 Å². The van der Waals surface area contributed by atoms with E-state index in [9.17, 15) is 0 Å². The maximum absolute atomic E-state index is 5.45. The number of hydrogen-bond donors (Lipinski definition) is 1. The third-order valence-corrected chi connectivity index (χ3v) is 4.89. The van der Waals surface area contributed by atoms with Gasteiger partial charge in [0.15, 0.2) is 11.5 Å². The van der Waals surface area contributed by atoms with Crippen LogP contribution in [0, 0.1) is 0 Å². The standard InChI is InChI=1S/C20H24N2O2/c1-2-4-16(5-3-1)8-11-22-12-9-17(10-13-22)21-18-6-7-19-20(14-18)24-15-23-19/h1-7,14,17,21H,8-13,15H2. The third kappa shape index (κ3) is 3.65. The largest absolute Gasteiger partial charge is 0.454 e. The van der Waals surface area contributed by atoms with Crippen LogP contribution in [0.15, 0.2) is 48.5 Å². The first kappa shape index (κ1) is 15.3. The summed E-state index contributed by atoms with van der Waals surface area (Å²) >= 11 is 0. The summed E-state index contributed by atoms with van der Waals surface area (Å²) in [6, 6.07) is 17.4. The van der Waals surface area contributed by atoms with Gasteiger partial charge in [-0.1, -0.05) is 30.3 Å². The van der Waals surface area contributed by atoms with E-state index >= 15 is 0 Å². The predicted octanol–water partition coefficient (Wildman–Crippen LogP) is 3.53. The maximum atomic E-state index is 5.45. The lowest BCUT2D eigenvalue weighted by Crippen LogP contribution is -2.40. The highest BCUT2D eigenvalue weighted by Crippen LogP contribution is 2.34. The third-order valence-electron chi connectivity index (χ3n) is 4.89. The highest BCUT2D eigenvalue weighted by atomic mass is 16.7. The van der Waals surface area contributed by atoms with Crippen LogP contribution in [0.4, 0.5) is 5.69 Å². The second-order valence-corrected chi connectivity index (χ2v) is 6.56. The van der Waals surface area contributed by atoms with E-state index in [1.807, 2.05) is 12.1 Å². The molecule has 1 fully saturated rings. The molecule has 0 amide bonds. The van der Waals surface area contributed by atoms with Crippen molar-refractivity contribution in [2.75, 3.05) is 31.7 Å². The molecule has 2 aromatic carbocycles. The number of nitrogens with zero attached hydrogens (tertiary/aromatic N) is 1. The molecule has 4 nitrogen and oxygen atoms in total. The molecule has 2 aliphatic rings. The van der Waals surface area contributed by atoms with E-state index in [1.54, 1.807) is 0 Å². The monoisotopic (exact) mass is 324 g/mol. The van der Waals surface area contributed by atoms with Gasteiger partial charge in [0.25, 0.3) is 0 Å². The van der Waals surface area contributed by atoms with Crippen molar-refractivity contribution >= 4 is 5.69 Å². The summed E-state index contributed by atoms with van der Waals surface area (Å²) < 4.78 is 10.8. The van der Waals surface area contributed by atoms with Crippen molar-refractivity contribution in [2.24, 2.45) is 0 Å². The number of fused-ring (bicyclic) bond motifs is 1. The molecule has 2 aliphatic heterocycles. The molecular formula is C20H24N2O2. The molecule has 126 valence electrons. The molecule has 0 spiro atoms. The van der Waals surface area contributed by atoms with Crippen molar-refractivity contribution in [2.45, 2.75) is 25.3 Å². The molecular weight excluding hydrogens is 300 g/mol. The van der Waals surface area contributed by atoms with Gasteiger partial charge in [0.05, 0.1) is 0 Å². The summed E-state index contributed by atoms with van der Waals surface area (Å²) in [7, 11) is 0. The molecule has 0 atom stereocenters. The Kier molecular flexibility index (Phi) is 4.56. The predicted molar refractivity (Wildman–Crippen MR) is 95.8 cm³/mol. The number of ether oxygens (including phenoxy) is 2. The number of benzene rings is 2. The average molecular weight is 324 g/mol. The van der Waals surface area contributed by atoms with Crippen molar-refractivity contribution in [1.82, 2.24) is 4.90 Å². The quantitative estimate of drug-likeness (QED) is 0.912. The minimum absolute atomic E-state index is 0.332. The van der Waals surface area contributed by atoms with Gasteiger partial charge in [0.2, 0.25) is 6.79 Å². The van der Waals surface area contributed by atoms with Crippen molar-refractivity contribution in [3.8, 4) is 11.5 Å². The normalized spacial score (nSPS) is 17.8. The fraction of sp³-hybridized carbons (Fsp3) is 0.400. The molecule has 0 bridgehead atoms. The van der Waals surface area contributed by atoms with E-state index in [2.05, 4.69) is 46.6 Å². The lowest BCUT2D eigenvalue weighted by Gasteiger charge is -2.32. The lowest BCUT2D eigenvalue weighted by atomic mass is 10.0. The van der Waals surface area contributed by atoms with Crippen LogP contribution in [0.25, 0.3) is 0 Å². The number of nitrogens with one attached hydrogen (secondary N) is 1. The second-order valence-electron chi connectivity index (χ2n) is 6.56.